The van der Waals surface area contributed by atoms with Crippen molar-refractivity contribution in [2.45, 2.75) is 46.1 Å². The van der Waals surface area contributed by atoms with E-state index in [0.29, 0.717) is 45.7 Å². The van der Waals surface area contributed by atoms with E-state index < -0.39 is 5.60 Å². The van der Waals surface area contributed by atoms with Crippen molar-refractivity contribution in [3.63, 3.8) is 0 Å². The molecule has 0 spiro atoms. The quantitative estimate of drug-likeness (QED) is 0.843. The van der Waals surface area contributed by atoms with Crippen LogP contribution >= 0.6 is 11.6 Å². The molecule has 3 nitrogen and oxygen atoms in total. The van der Waals surface area contributed by atoms with Gasteiger partial charge in [0, 0.05) is 27.3 Å². The van der Waals surface area contributed by atoms with Gasteiger partial charge in [0.05, 0.1) is 5.60 Å². The van der Waals surface area contributed by atoms with Crippen molar-refractivity contribution in [2.75, 3.05) is 0 Å². The second-order valence-corrected chi connectivity index (χ2v) is 7.02. The molecule has 1 N–H and O–H groups in total. The van der Waals surface area contributed by atoms with E-state index in [1.165, 1.54) is 0 Å². The van der Waals surface area contributed by atoms with E-state index in [0.717, 1.165) is 0 Å². The maximum atomic E-state index is 12.7. The first-order valence-corrected chi connectivity index (χ1v) is 7.98. The minimum atomic E-state index is -0.897. The van der Waals surface area contributed by atoms with Gasteiger partial charge in [0.1, 0.15) is 0 Å². The van der Waals surface area contributed by atoms with Gasteiger partial charge in [-0.05, 0) is 58.2 Å². The molecule has 0 radical (unpaired) electrons. The average molecular weight is 333 g/mol. The van der Waals surface area contributed by atoms with Crippen LogP contribution in [-0.4, -0.2) is 22.3 Å². The number of Topliss-reactive ketones (excluding diaryl/α,β-unsaturated/α-hetero) is 2. The number of allylic oxidation sites excluding steroid dienone is 4. The highest BCUT2D eigenvalue weighted by Crippen LogP contribution is 2.34. The van der Waals surface area contributed by atoms with Crippen LogP contribution < -0.4 is 0 Å². The lowest BCUT2D eigenvalue weighted by molar-refractivity contribution is -0.115. The Morgan fingerprint density at radius 2 is 1.52 bits per heavy atom. The second kappa shape index (κ2) is 6.42. The highest BCUT2D eigenvalue weighted by atomic mass is 35.5. The number of benzene rings is 1. The molecule has 122 valence electrons. The van der Waals surface area contributed by atoms with Gasteiger partial charge >= 0.3 is 0 Å². The molecular formula is C19H21ClO3. The average Bonchev–Trinajstić information content (AvgIpc) is 2.47. The SMILES string of the molecule is CC1=C(C)C(=O)C(c2ccc(Cl)cc2)=C(CCC(C)(C)O)C1=O. The number of aliphatic hydroxyl groups is 1. The summed E-state index contributed by atoms with van der Waals surface area (Å²) < 4.78 is 0. The Labute approximate surface area is 141 Å². The van der Waals surface area contributed by atoms with E-state index in [1.54, 1.807) is 52.0 Å². The molecule has 4 heteroatoms. The van der Waals surface area contributed by atoms with Gasteiger partial charge < -0.3 is 5.11 Å². The maximum absolute atomic E-state index is 12.7. The molecule has 0 aromatic heterocycles. The Kier molecular flexibility index (Phi) is 4.92. The third kappa shape index (κ3) is 3.80. The van der Waals surface area contributed by atoms with Crippen LogP contribution in [0.25, 0.3) is 5.57 Å². The highest BCUT2D eigenvalue weighted by molar-refractivity contribution is 6.39. The lowest BCUT2D eigenvalue weighted by atomic mass is 9.79. The summed E-state index contributed by atoms with van der Waals surface area (Å²) in [6.07, 6.45) is 0.765. The molecule has 1 aliphatic carbocycles. The summed E-state index contributed by atoms with van der Waals surface area (Å²) in [5.74, 6) is -0.244. The molecular weight excluding hydrogens is 312 g/mol. The number of carbonyl (C=O) groups excluding carboxylic acids is 2. The zero-order valence-corrected chi connectivity index (χ0v) is 14.6. The lowest BCUT2D eigenvalue weighted by Gasteiger charge is -2.24. The van der Waals surface area contributed by atoms with Gasteiger partial charge in [-0.25, -0.2) is 0 Å². The number of carbonyl (C=O) groups is 2. The first-order chi connectivity index (χ1) is 10.6. The summed E-state index contributed by atoms with van der Waals surface area (Å²) in [5.41, 5.74) is 1.66. The van der Waals surface area contributed by atoms with Crippen LogP contribution in [0.15, 0.2) is 41.0 Å². The fourth-order valence-electron chi connectivity index (χ4n) is 2.60. The minimum Gasteiger partial charge on any atom is -0.390 e. The third-order valence-electron chi connectivity index (χ3n) is 4.17. The van der Waals surface area contributed by atoms with E-state index in [1.807, 2.05) is 0 Å². The zero-order chi connectivity index (χ0) is 17.4. The molecule has 0 bridgehead atoms. The van der Waals surface area contributed by atoms with Crippen molar-refractivity contribution in [1.82, 2.24) is 0 Å². The zero-order valence-electron chi connectivity index (χ0n) is 13.9. The van der Waals surface area contributed by atoms with Gasteiger partial charge in [-0.15, -0.1) is 0 Å². The predicted octanol–water partition coefficient (Wildman–Crippen LogP) is 4.13. The van der Waals surface area contributed by atoms with Crippen LogP contribution in [-0.2, 0) is 9.59 Å². The second-order valence-electron chi connectivity index (χ2n) is 6.58. The van der Waals surface area contributed by atoms with Crippen molar-refractivity contribution in [3.05, 3.63) is 51.6 Å². The summed E-state index contributed by atoms with van der Waals surface area (Å²) in [6, 6.07) is 6.91. The number of ketones is 2. The van der Waals surface area contributed by atoms with Gasteiger partial charge in [-0.2, -0.15) is 0 Å². The molecule has 23 heavy (non-hydrogen) atoms. The van der Waals surface area contributed by atoms with Crippen LogP contribution in [0.5, 0.6) is 0 Å². The van der Waals surface area contributed by atoms with Crippen molar-refractivity contribution in [2.24, 2.45) is 0 Å². The first-order valence-electron chi connectivity index (χ1n) is 7.60. The Morgan fingerprint density at radius 1 is 1.00 bits per heavy atom. The van der Waals surface area contributed by atoms with Crippen LogP contribution in [0.1, 0.15) is 46.1 Å². The molecule has 0 saturated carbocycles. The van der Waals surface area contributed by atoms with Crippen molar-refractivity contribution < 1.29 is 14.7 Å². The largest absolute Gasteiger partial charge is 0.390 e. The molecule has 1 aliphatic rings. The van der Waals surface area contributed by atoms with Crippen LogP contribution in [0, 0.1) is 0 Å². The molecule has 1 aromatic rings. The monoisotopic (exact) mass is 332 g/mol. The fourth-order valence-corrected chi connectivity index (χ4v) is 2.72. The van der Waals surface area contributed by atoms with Crippen LogP contribution in [0.4, 0.5) is 0 Å². The summed E-state index contributed by atoms with van der Waals surface area (Å²) in [6.45, 7) is 6.74. The molecule has 2 rings (SSSR count). The Hall–Kier alpha value is -1.71. The fraction of sp³-hybridized carbons (Fsp3) is 0.368. The predicted molar refractivity (Wildman–Crippen MR) is 92.3 cm³/mol. The van der Waals surface area contributed by atoms with Crippen LogP contribution in [0.3, 0.4) is 0 Å². The van der Waals surface area contributed by atoms with E-state index in [-0.39, 0.29) is 11.6 Å². The smallest absolute Gasteiger partial charge is 0.190 e. The first kappa shape index (κ1) is 17.6. The third-order valence-corrected chi connectivity index (χ3v) is 4.42. The summed E-state index contributed by atoms with van der Waals surface area (Å²) in [4.78, 5) is 25.4. The number of rotatable bonds is 4. The molecule has 0 heterocycles. The maximum Gasteiger partial charge on any atom is 0.190 e. The molecule has 0 unspecified atom stereocenters. The van der Waals surface area contributed by atoms with Crippen molar-refractivity contribution >= 4 is 28.7 Å². The number of hydrogen-bond donors (Lipinski definition) is 1. The molecule has 0 atom stereocenters. The molecule has 0 fully saturated rings. The number of halogens is 1. The van der Waals surface area contributed by atoms with E-state index in [2.05, 4.69) is 0 Å². The Morgan fingerprint density at radius 3 is 2.04 bits per heavy atom. The van der Waals surface area contributed by atoms with Gasteiger partial charge in [-0.3, -0.25) is 9.59 Å². The molecule has 1 aromatic carbocycles. The van der Waals surface area contributed by atoms with E-state index in [4.69, 9.17) is 11.6 Å². The van der Waals surface area contributed by atoms with Crippen molar-refractivity contribution in [1.29, 1.82) is 0 Å². The van der Waals surface area contributed by atoms with E-state index in [9.17, 15) is 14.7 Å². The van der Waals surface area contributed by atoms with E-state index >= 15 is 0 Å². The summed E-state index contributed by atoms with van der Waals surface area (Å²) >= 11 is 5.91. The highest BCUT2D eigenvalue weighted by Gasteiger charge is 2.31. The topological polar surface area (TPSA) is 54.4 Å². The number of hydrogen-bond acceptors (Lipinski definition) is 3. The Balaban J connectivity index is 2.55. The van der Waals surface area contributed by atoms with Crippen molar-refractivity contribution in [3.8, 4) is 0 Å². The standard InChI is InChI=1S/C19H21ClO3/c1-11-12(2)18(22)16(13-5-7-14(20)8-6-13)15(17(11)21)9-10-19(3,4)23/h5-8,23H,9-10H2,1-4H3. The normalized spacial score (nSPS) is 16.4. The lowest BCUT2D eigenvalue weighted by Crippen LogP contribution is -2.24. The Bertz CT molecular complexity index is 716. The van der Waals surface area contributed by atoms with Crippen LogP contribution in [0.2, 0.25) is 5.02 Å². The summed E-state index contributed by atoms with van der Waals surface area (Å²) in [5, 5.41) is 10.5. The van der Waals surface area contributed by atoms with Gasteiger partial charge in [0.15, 0.2) is 11.6 Å². The summed E-state index contributed by atoms with van der Waals surface area (Å²) in [7, 11) is 0. The minimum absolute atomic E-state index is 0.115. The molecule has 0 aliphatic heterocycles. The van der Waals surface area contributed by atoms with Gasteiger partial charge in [0.2, 0.25) is 0 Å². The van der Waals surface area contributed by atoms with Gasteiger partial charge in [0.25, 0.3) is 0 Å². The molecule has 0 saturated heterocycles. The molecule has 0 amide bonds. The van der Waals surface area contributed by atoms with Gasteiger partial charge in [-0.1, -0.05) is 23.7 Å².